The lowest BCUT2D eigenvalue weighted by Gasteiger charge is -1.95. The van der Waals surface area contributed by atoms with Crippen LogP contribution in [0.5, 0.6) is 0 Å². The molecule has 1 aromatic carbocycles. The summed E-state index contributed by atoms with van der Waals surface area (Å²) in [7, 11) is 0. The second kappa shape index (κ2) is 5.03. The van der Waals surface area contributed by atoms with Crippen molar-refractivity contribution < 1.29 is 4.92 Å². The Balaban J connectivity index is 2.23. The van der Waals surface area contributed by atoms with E-state index in [1.165, 1.54) is 12.1 Å². The van der Waals surface area contributed by atoms with E-state index in [1.807, 2.05) is 0 Å². The van der Waals surface area contributed by atoms with Gasteiger partial charge in [0.1, 0.15) is 0 Å². The highest BCUT2D eigenvalue weighted by Gasteiger charge is 2.07. The number of benzene rings is 1. The molecule has 2 rings (SSSR count). The van der Waals surface area contributed by atoms with E-state index in [-0.39, 0.29) is 5.69 Å². The van der Waals surface area contributed by atoms with E-state index >= 15 is 0 Å². The molecule has 0 aliphatic rings. The smallest absolute Gasteiger partial charge is 0.269 e. The first-order chi connectivity index (χ1) is 8.20. The van der Waals surface area contributed by atoms with Crippen molar-refractivity contribution >= 4 is 17.0 Å². The van der Waals surface area contributed by atoms with Crippen LogP contribution in [0.2, 0.25) is 0 Å². The van der Waals surface area contributed by atoms with Crippen LogP contribution in [0.1, 0.15) is 5.01 Å². The fourth-order valence-electron chi connectivity index (χ4n) is 1.43. The van der Waals surface area contributed by atoms with Gasteiger partial charge in [-0.25, -0.2) is 4.98 Å². The Morgan fingerprint density at radius 3 is 2.65 bits per heavy atom. The molecule has 0 atom stereocenters. The second-order valence-electron chi connectivity index (χ2n) is 3.46. The first-order valence-corrected chi connectivity index (χ1v) is 5.92. The number of aromatic nitrogens is 1. The van der Waals surface area contributed by atoms with Crippen molar-refractivity contribution in [3.63, 3.8) is 0 Å². The lowest BCUT2D eigenvalue weighted by atomic mass is 10.2. The molecule has 0 unspecified atom stereocenters. The van der Waals surface area contributed by atoms with E-state index in [4.69, 9.17) is 5.73 Å². The maximum absolute atomic E-state index is 10.5. The summed E-state index contributed by atoms with van der Waals surface area (Å²) in [6, 6.07) is 6.46. The molecule has 6 heteroatoms. The Labute approximate surface area is 102 Å². The molecule has 0 aliphatic carbocycles. The summed E-state index contributed by atoms with van der Waals surface area (Å²) in [5.74, 6) is 0. The average molecular weight is 249 g/mol. The predicted molar refractivity (Wildman–Crippen MR) is 67.0 cm³/mol. The van der Waals surface area contributed by atoms with Gasteiger partial charge >= 0.3 is 0 Å². The van der Waals surface area contributed by atoms with E-state index in [9.17, 15) is 10.1 Å². The van der Waals surface area contributed by atoms with E-state index < -0.39 is 4.92 Å². The third kappa shape index (κ3) is 2.66. The molecular formula is C11H11N3O2S. The Hall–Kier alpha value is -1.79. The fraction of sp³-hybridized carbons (Fsp3) is 0.182. The van der Waals surface area contributed by atoms with Crippen molar-refractivity contribution in [2.75, 3.05) is 6.54 Å². The normalized spacial score (nSPS) is 10.4. The Kier molecular flexibility index (Phi) is 3.46. The fourth-order valence-corrected chi connectivity index (χ4v) is 2.37. The van der Waals surface area contributed by atoms with Crippen LogP contribution in [0.3, 0.4) is 0 Å². The topological polar surface area (TPSA) is 82.0 Å². The zero-order valence-electron chi connectivity index (χ0n) is 9.00. The maximum atomic E-state index is 10.5. The molecule has 0 spiro atoms. The summed E-state index contributed by atoms with van der Waals surface area (Å²) in [6.45, 7) is 0.577. The molecule has 0 amide bonds. The standard InChI is InChI=1S/C11H11N3O2S/c12-6-5-11-13-7-10(17-11)8-1-3-9(4-2-8)14(15)16/h1-4,7H,5-6,12H2. The minimum Gasteiger partial charge on any atom is -0.330 e. The molecule has 0 saturated carbocycles. The summed E-state index contributed by atoms with van der Waals surface area (Å²) < 4.78 is 0. The number of hydrogen-bond donors (Lipinski definition) is 1. The number of hydrogen-bond acceptors (Lipinski definition) is 5. The minimum absolute atomic E-state index is 0.0976. The number of non-ortho nitro benzene ring substituents is 1. The first-order valence-electron chi connectivity index (χ1n) is 5.10. The van der Waals surface area contributed by atoms with Crippen LogP contribution in [0.15, 0.2) is 30.5 Å². The molecule has 1 aromatic heterocycles. The monoisotopic (exact) mass is 249 g/mol. The molecule has 2 aromatic rings. The quantitative estimate of drug-likeness (QED) is 0.665. The Morgan fingerprint density at radius 1 is 1.35 bits per heavy atom. The van der Waals surface area contributed by atoms with E-state index in [2.05, 4.69) is 4.98 Å². The molecular weight excluding hydrogens is 238 g/mol. The van der Waals surface area contributed by atoms with Crippen LogP contribution in [-0.2, 0) is 6.42 Å². The van der Waals surface area contributed by atoms with Crippen LogP contribution in [0, 0.1) is 10.1 Å². The SMILES string of the molecule is NCCc1ncc(-c2ccc([N+](=O)[O-])cc2)s1. The molecule has 0 bridgehead atoms. The zero-order valence-corrected chi connectivity index (χ0v) is 9.81. The average Bonchev–Trinajstić information content (AvgIpc) is 2.78. The minimum atomic E-state index is -0.406. The number of thiazole rings is 1. The van der Waals surface area contributed by atoms with Gasteiger partial charge in [-0.15, -0.1) is 11.3 Å². The highest BCUT2D eigenvalue weighted by molar-refractivity contribution is 7.15. The maximum Gasteiger partial charge on any atom is 0.269 e. The van der Waals surface area contributed by atoms with Crippen LogP contribution in [0.4, 0.5) is 5.69 Å². The van der Waals surface area contributed by atoms with Crippen molar-refractivity contribution in [2.45, 2.75) is 6.42 Å². The number of nitrogens with two attached hydrogens (primary N) is 1. The van der Waals surface area contributed by atoms with Crippen molar-refractivity contribution in [1.82, 2.24) is 4.98 Å². The van der Waals surface area contributed by atoms with Gasteiger partial charge < -0.3 is 5.73 Å². The molecule has 88 valence electrons. The van der Waals surface area contributed by atoms with Gasteiger partial charge in [0.05, 0.1) is 14.8 Å². The molecule has 5 nitrogen and oxygen atoms in total. The predicted octanol–water partition coefficient (Wildman–Crippen LogP) is 2.22. The van der Waals surface area contributed by atoms with E-state index in [0.717, 1.165) is 21.9 Å². The van der Waals surface area contributed by atoms with E-state index in [1.54, 1.807) is 29.7 Å². The second-order valence-corrected chi connectivity index (χ2v) is 4.58. The number of rotatable bonds is 4. The van der Waals surface area contributed by atoms with Gasteiger partial charge in [0.2, 0.25) is 0 Å². The molecule has 0 aliphatic heterocycles. The van der Waals surface area contributed by atoms with Crippen LogP contribution in [0.25, 0.3) is 10.4 Å². The summed E-state index contributed by atoms with van der Waals surface area (Å²) in [4.78, 5) is 15.4. The third-order valence-corrected chi connectivity index (χ3v) is 3.38. The lowest BCUT2D eigenvalue weighted by molar-refractivity contribution is -0.384. The highest BCUT2D eigenvalue weighted by Crippen LogP contribution is 2.27. The van der Waals surface area contributed by atoms with Gasteiger partial charge in [-0.1, -0.05) is 0 Å². The van der Waals surface area contributed by atoms with Crippen molar-refractivity contribution in [3.8, 4) is 10.4 Å². The van der Waals surface area contributed by atoms with Crippen molar-refractivity contribution in [3.05, 3.63) is 45.6 Å². The molecule has 17 heavy (non-hydrogen) atoms. The zero-order chi connectivity index (χ0) is 12.3. The number of nitro groups is 1. The molecule has 0 saturated heterocycles. The van der Waals surface area contributed by atoms with Crippen molar-refractivity contribution in [2.24, 2.45) is 5.73 Å². The van der Waals surface area contributed by atoms with Gasteiger partial charge in [0.15, 0.2) is 0 Å². The van der Waals surface area contributed by atoms with Gasteiger partial charge in [0, 0.05) is 24.8 Å². The molecule has 2 N–H and O–H groups in total. The molecule has 0 fully saturated rings. The Bertz CT molecular complexity index is 522. The number of nitro benzene ring substituents is 1. The summed E-state index contributed by atoms with van der Waals surface area (Å²) in [5.41, 5.74) is 6.49. The van der Waals surface area contributed by atoms with Crippen LogP contribution in [-0.4, -0.2) is 16.5 Å². The molecule has 0 radical (unpaired) electrons. The van der Waals surface area contributed by atoms with Crippen LogP contribution >= 0.6 is 11.3 Å². The summed E-state index contributed by atoms with van der Waals surface area (Å²) in [6.07, 6.45) is 2.54. The van der Waals surface area contributed by atoms with Gasteiger partial charge in [-0.05, 0) is 24.2 Å². The van der Waals surface area contributed by atoms with E-state index in [0.29, 0.717) is 6.54 Å². The highest BCUT2D eigenvalue weighted by atomic mass is 32.1. The van der Waals surface area contributed by atoms with Crippen molar-refractivity contribution in [1.29, 1.82) is 0 Å². The summed E-state index contributed by atoms with van der Waals surface area (Å²) >= 11 is 1.56. The summed E-state index contributed by atoms with van der Waals surface area (Å²) in [5, 5.41) is 11.5. The van der Waals surface area contributed by atoms with Gasteiger partial charge in [-0.2, -0.15) is 0 Å². The largest absolute Gasteiger partial charge is 0.330 e. The Morgan fingerprint density at radius 2 is 2.06 bits per heavy atom. The van der Waals surface area contributed by atoms with Crippen LogP contribution < -0.4 is 5.73 Å². The molecule has 1 heterocycles. The van der Waals surface area contributed by atoms with Gasteiger partial charge in [-0.3, -0.25) is 10.1 Å². The third-order valence-electron chi connectivity index (χ3n) is 2.27. The van der Waals surface area contributed by atoms with Gasteiger partial charge in [0.25, 0.3) is 5.69 Å². The first kappa shape index (κ1) is 11.7. The lowest BCUT2D eigenvalue weighted by Crippen LogP contribution is -2.01. The number of nitrogens with zero attached hydrogens (tertiary/aromatic N) is 2.